The number of nitrogen functional groups attached to an aromatic ring is 1. The van der Waals surface area contributed by atoms with Gasteiger partial charge in [0.25, 0.3) is 5.56 Å². The molecule has 1 fully saturated rings. The van der Waals surface area contributed by atoms with Crippen molar-refractivity contribution in [2.75, 3.05) is 19.2 Å². The number of aromatic amines is 1. The normalized spacial score (nSPS) is 27.2. The molecule has 3 heterocycles. The third kappa shape index (κ3) is 3.42. The zero-order valence-corrected chi connectivity index (χ0v) is 13.7. The minimum atomic E-state index is -4.51. The summed E-state index contributed by atoms with van der Waals surface area (Å²) in [7, 11) is -3.28. The second-order valence-corrected chi connectivity index (χ2v) is 6.86. The van der Waals surface area contributed by atoms with E-state index in [0.717, 1.165) is 0 Å². The maximum Gasteiger partial charge on any atom is 0.351 e. The molecule has 0 spiro atoms. The van der Waals surface area contributed by atoms with Crippen molar-refractivity contribution >= 4 is 24.7 Å². The van der Waals surface area contributed by atoms with Gasteiger partial charge in [0.2, 0.25) is 5.95 Å². The van der Waals surface area contributed by atoms with Gasteiger partial charge in [-0.3, -0.25) is 18.9 Å². The van der Waals surface area contributed by atoms with E-state index in [4.69, 9.17) is 29.7 Å². The van der Waals surface area contributed by atoms with Crippen LogP contribution in [0, 0.1) is 0 Å². The minimum Gasteiger partial charge on any atom is -0.373 e. The molecule has 2 aromatic heterocycles. The highest BCUT2D eigenvalue weighted by molar-refractivity contribution is 7.51. The molecule has 1 aliphatic rings. The molecule has 0 saturated carbocycles. The largest absolute Gasteiger partial charge is 0.373 e. The average Bonchev–Trinajstić information content (AvgIpc) is 3.05. The molecule has 1 unspecified atom stereocenters. The van der Waals surface area contributed by atoms with Crippen LogP contribution in [0.1, 0.15) is 6.23 Å². The maximum absolute atomic E-state index is 14.5. The first-order chi connectivity index (χ1) is 11.7. The van der Waals surface area contributed by atoms with Gasteiger partial charge in [-0.15, -0.1) is 0 Å². The van der Waals surface area contributed by atoms with Crippen LogP contribution < -0.4 is 11.3 Å². The highest BCUT2D eigenvalue weighted by Crippen LogP contribution is 2.39. The van der Waals surface area contributed by atoms with Crippen molar-refractivity contribution in [1.29, 1.82) is 0 Å². The first-order valence-corrected chi connectivity index (χ1v) is 8.72. The minimum absolute atomic E-state index is 0.0381. The van der Waals surface area contributed by atoms with Gasteiger partial charge < -0.3 is 29.7 Å². The summed E-state index contributed by atoms with van der Waals surface area (Å²) in [5.74, 6) is -0.169. The summed E-state index contributed by atoms with van der Waals surface area (Å²) in [6.45, 7) is 0. The van der Waals surface area contributed by atoms with Crippen molar-refractivity contribution in [3.63, 3.8) is 0 Å². The van der Waals surface area contributed by atoms with Crippen LogP contribution in [-0.4, -0.2) is 61.3 Å². The highest BCUT2D eigenvalue weighted by atomic mass is 31.2. The number of anilines is 1. The van der Waals surface area contributed by atoms with Gasteiger partial charge in [0, 0.05) is 7.11 Å². The molecule has 4 atom stereocenters. The van der Waals surface area contributed by atoms with Gasteiger partial charge in [0.1, 0.15) is 6.10 Å². The molecule has 138 valence electrons. The van der Waals surface area contributed by atoms with Gasteiger partial charge in [-0.05, 0) is 0 Å². The fraction of sp³-hybridized carbons (Fsp3) is 0.545. The van der Waals surface area contributed by atoms with E-state index >= 15 is 0 Å². The first-order valence-electron chi connectivity index (χ1n) is 6.92. The summed E-state index contributed by atoms with van der Waals surface area (Å²) in [6, 6.07) is 0. The Morgan fingerprint density at radius 2 is 2.28 bits per heavy atom. The first kappa shape index (κ1) is 17.9. The van der Waals surface area contributed by atoms with Crippen molar-refractivity contribution in [3.8, 4) is 0 Å². The van der Waals surface area contributed by atoms with E-state index in [1.807, 2.05) is 0 Å². The van der Waals surface area contributed by atoms with Crippen LogP contribution >= 0.6 is 7.60 Å². The van der Waals surface area contributed by atoms with Crippen molar-refractivity contribution in [3.05, 3.63) is 16.7 Å². The molecule has 1 saturated heterocycles. The Balaban J connectivity index is 1.94. The van der Waals surface area contributed by atoms with E-state index in [1.165, 1.54) is 18.0 Å². The number of ether oxygens (including phenoxy) is 3. The Bertz CT molecular complexity index is 881. The summed E-state index contributed by atoms with van der Waals surface area (Å²) < 4.78 is 41.8. The molecular formula is C11H15FN5O7P. The Labute approximate surface area is 138 Å². The van der Waals surface area contributed by atoms with Crippen LogP contribution in [0.2, 0.25) is 0 Å². The van der Waals surface area contributed by atoms with Crippen molar-refractivity contribution in [2.45, 2.75) is 24.8 Å². The topological polar surface area (TPSA) is 175 Å². The summed E-state index contributed by atoms with van der Waals surface area (Å²) in [4.78, 5) is 39.6. The van der Waals surface area contributed by atoms with Gasteiger partial charge in [-0.25, -0.2) is 9.37 Å². The number of halogens is 1. The number of fused-ring (bicyclic) bond motifs is 1. The molecule has 1 aliphatic heterocycles. The second kappa shape index (κ2) is 6.44. The molecule has 0 amide bonds. The molecule has 12 nitrogen and oxygen atoms in total. The molecule has 14 heteroatoms. The Morgan fingerprint density at radius 1 is 1.56 bits per heavy atom. The lowest BCUT2D eigenvalue weighted by atomic mass is 10.2. The van der Waals surface area contributed by atoms with Crippen LogP contribution in [0.25, 0.3) is 11.2 Å². The van der Waals surface area contributed by atoms with Crippen LogP contribution in [0.5, 0.6) is 0 Å². The van der Waals surface area contributed by atoms with E-state index < -0.39 is 44.3 Å². The Morgan fingerprint density at radius 3 is 2.92 bits per heavy atom. The maximum atomic E-state index is 14.5. The van der Waals surface area contributed by atoms with Crippen molar-refractivity contribution in [1.82, 2.24) is 19.5 Å². The molecule has 2 aromatic rings. The number of hydrogen-bond acceptors (Lipinski definition) is 8. The quantitative estimate of drug-likeness (QED) is 0.475. The molecule has 5 N–H and O–H groups in total. The number of alkyl halides is 1. The zero-order valence-electron chi connectivity index (χ0n) is 12.8. The van der Waals surface area contributed by atoms with Gasteiger partial charge in [0.05, 0.1) is 6.33 Å². The lowest BCUT2D eigenvalue weighted by Gasteiger charge is -2.18. The molecular weight excluding hydrogens is 364 g/mol. The number of nitrogens with zero attached hydrogens (tertiary/aromatic N) is 3. The van der Waals surface area contributed by atoms with Gasteiger partial charge in [-0.1, -0.05) is 0 Å². The van der Waals surface area contributed by atoms with Gasteiger partial charge in [-0.2, -0.15) is 4.98 Å². The van der Waals surface area contributed by atoms with Crippen LogP contribution in [0.15, 0.2) is 11.1 Å². The molecule has 0 radical (unpaired) electrons. The fourth-order valence-corrected chi connectivity index (χ4v) is 2.84. The van der Waals surface area contributed by atoms with Gasteiger partial charge >= 0.3 is 7.60 Å². The molecule has 25 heavy (non-hydrogen) atoms. The van der Waals surface area contributed by atoms with Crippen molar-refractivity contribution in [2.24, 2.45) is 0 Å². The smallest absolute Gasteiger partial charge is 0.351 e. The van der Waals surface area contributed by atoms with Crippen LogP contribution in [0.4, 0.5) is 10.3 Å². The third-order valence-corrected chi connectivity index (χ3v) is 4.02. The van der Waals surface area contributed by atoms with E-state index in [0.29, 0.717) is 0 Å². The standard InChI is InChI=1S/C11H15FN5O7P/c1-22-6-4(12)10(23-3-25(19,20)21)24-9(6)17-2-14-5-7(17)15-11(13)16-8(5)18/h2,4,6,9-10H,3H2,1H3,(H2,19,20,21)(H3,13,15,16,18)/t4?,6-,9+,10-/m0/s1. The lowest BCUT2D eigenvalue weighted by molar-refractivity contribution is -0.158. The molecule has 0 bridgehead atoms. The third-order valence-electron chi connectivity index (χ3n) is 3.53. The predicted molar refractivity (Wildman–Crippen MR) is 80.2 cm³/mol. The molecule has 0 aromatic carbocycles. The van der Waals surface area contributed by atoms with Crippen molar-refractivity contribution < 1.29 is 33.0 Å². The fourth-order valence-electron chi connectivity index (χ4n) is 2.50. The number of hydrogen-bond donors (Lipinski definition) is 4. The number of nitrogens with two attached hydrogens (primary N) is 1. The number of imidazole rings is 1. The Kier molecular flexibility index (Phi) is 4.62. The number of aromatic nitrogens is 4. The summed E-state index contributed by atoms with van der Waals surface area (Å²) in [5, 5.41) is 0. The van der Waals surface area contributed by atoms with E-state index in [-0.39, 0.29) is 17.1 Å². The van der Waals surface area contributed by atoms with E-state index in [1.54, 1.807) is 0 Å². The summed E-state index contributed by atoms with van der Waals surface area (Å²) >= 11 is 0. The van der Waals surface area contributed by atoms with Gasteiger partial charge in [0.15, 0.2) is 36.2 Å². The number of rotatable bonds is 5. The molecule has 0 aliphatic carbocycles. The molecule has 3 rings (SSSR count). The Hall–Kier alpha value is -1.89. The van der Waals surface area contributed by atoms with E-state index in [2.05, 4.69) is 15.0 Å². The predicted octanol–water partition coefficient (Wildman–Crippen LogP) is -0.938. The van der Waals surface area contributed by atoms with Crippen LogP contribution in [0.3, 0.4) is 0 Å². The highest BCUT2D eigenvalue weighted by Gasteiger charge is 2.48. The van der Waals surface area contributed by atoms with Crippen LogP contribution in [-0.2, 0) is 18.8 Å². The van der Waals surface area contributed by atoms with E-state index in [9.17, 15) is 13.8 Å². The number of methoxy groups -OCH3 is 1. The lowest BCUT2D eigenvalue weighted by Crippen LogP contribution is -2.31. The SMILES string of the molecule is CO[C@H]1C(F)[C@@H](OCP(=O)(O)O)O[C@H]1n1cnc2c(=O)[nH]c(N)nc21. The summed E-state index contributed by atoms with van der Waals surface area (Å²) in [6.07, 6.45) is -5.59. The number of H-pyrrole nitrogens is 1. The average molecular weight is 379 g/mol. The monoisotopic (exact) mass is 379 g/mol. The second-order valence-electron chi connectivity index (χ2n) is 5.28. The number of nitrogens with one attached hydrogen (secondary N) is 1. The summed E-state index contributed by atoms with van der Waals surface area (Å²) in [5.41, 5.74) is 4.92. The zero-order chi connectivity index (χ0) is 18.4.